The first kappa shape index (κ1) is 10.7. The van der Waals surface area contributed by atoms with E-state index in [1.165, 1.54) is 0 Å². The van der Waals surface area contributed by atoms with Crippen LogP contribution in [0.3, 0.4) is 0 Å². The van der Waals surface area contributed by atoms with E-state index in [0.29, 0.717) is 11.3 Å². The maximum atomic E-state index is 11.1. The first-order valence-electron chi connectivity index (χ1n) is 4.35. The molecule has 0 unspecified atom stereocenters. The lowest BCUT2D eigenvalue weighted by molar-refractivity contribution is -0.115. The molecule has 4 heteroatoms. The molecule has 0 saturated carbocycles. The Kier molecular flexibility index (Phi) is 3.43. The summed E-state index contributed by atoms with van der Waals surface area (Å²) in [5, 5.41) is 19.6. The lowest BCUT2D eigenvalue weighted by Gasteiger charge is -2.04. The van der Waals surface area contributed by atoms with Crippen molar-refractivity contribution in [1.29, 1.82) is 10.5 Å². The molecule has 74 valence electrons. The fraction of sp³-hybridized carbons (Fsp3) is 0.182. The van der Waals surface area contributed by atoms with Crippen LogP contribution < -0.4 is 5.32 Å². The molecule has 1 rings (SSSR count). The fourth-order valence-corrected chi connectivity index (χ4v) is 1.14. The van der Waals surface area contributed by atoms with Crippen molar-refractivity contribution in [2.24, 2.45) is 0 Å². The second-order valence-electron chi connectivity index (χ2n) is 3.02. The minimum absolute atomic E-state index is 0.168. The first-order chi connectivity index (χ1) is 7.17. The first-order valence-corrected chi connectivity index (χ1v) is 4.35. The molecular weight excluding hydrogens is 190 g/mol. The van der Waals surface area contributed by atoms with Crippen LogP contribution in [0, 0.1) is 29.6 Å². The normalized spacial score (nSPS) is 8.73. The van der Waals surface area contributed by atoms with Gasteiger partial charge in [0.05, 0.1) is 17.7 Å². The molecule has 0 bridgehead atoms. The highest BCUT2D eigenvalue weighted by molar-refractivity contribution is 5.92. The highest BCUT2D eigenvalue weighted by atomic mass is 16.1. The molecule has 0 aliphatic rings. The van der Waals surface area contributed by atoms with Crippen LogP contribution in [0.5, 0.6) is 0 Å². The molecule has 0 fully saturated rings. The van der Waals surface area contributed by atoms with Crippen molar-refractivity contribution < 1.29 is 4.79 Å². The van der Waals surface area contributed by atoms with Gasteiger partial charge in [-0.2, -0.15) is 10.5 Å². The molecule has 0 aromatic heterocycles. The van der Waals surface area contributed by atoms with Gasteiger partial charge in [-0.3, -0.25) is 4.79 Å². The topological polar surface area (TPSA) is 76.7 Å². The van der Waals surface area contributed by atoms with Gasteiger partial charge < -0.3 is 5.32 Å². The van der Waals surface area contributed by atoms with Gasteiger partial charge in [-0.15, -0.1) is 0 Å². The Morgan fingerprint density at radius 2 is 2.20 bits per heavy atom. The van der Waals surface area contributed by atoms with Gasteiger partial charge in [0.15, 0.2) is 0 Å². The van der Waals surface area contributed by atoms with Crippen molar-refractivity contribution >= 4 is 11.6 Å². The summed E-state index contributed by atoms with van der Waals surface area (Å²) in [7, 11) is 0. The van der Waals surface area contributed by atoms with Crippen LogP contribution in [-0.2, 0) is 4.79 Å². The Bertz CT molecular complexity index is 466. The van der Waals surface area contributed by atoms with Gasteiger partial charge in [-0.05, 0) is 30.7 Å². The van der Waals surface area contributed by atoms with E-state index in [-0.39, 0.29) is 12.3 Å². The maximum absolute atomic E-state index is 11.1. The average molecular weight is 199 g/mol. The summed E-state index contributed by atoms with van der Waals surface area (Å²) in [5.41, 5.74) is 1.98. The van der Waals surface area contributed by atoms with Crippen LogP contribution >= 0.6 is 0 Å². The van der Waals surface area contributed by atoms with Gasteiger partial charge in [-0.1, -0.05) is 0 Å². The van der Waals surface area contributed by atoms with Crippen molar-refractivity contribution in [2.75, 3.05) is 5.32 Å². The molecule has 0 atom stereocenters. The summed E-state index contributed by atoms with van der Waals surface area (Å²) < 4.78 is 0. The Morgan fingerprint density at radius 3 is 2.73 bits per heavy atom. The molecule has 1 aromatic carbocycles. The van der Waals surface area contributed by atoms with E-state index in [0.717, 1.165) is 5.56 Å². The number of hydrogen-bond donors (Lipinski definition) is 1. The zero-order valence-corrected chi connectivity index (χ0v) is 8.24. The molecular formula is C11H9N3O. The maximum Gasteiger partial charge on any atom is 0.238 e. The predicted molar refractivity (Wildman–Crippen MR) is 54.8 cm³/mol. The van der Waals surface area contributed by atoms with Crippen molar-refractivity contribution in [3.8, 4) is 12.1 Å². The summed E-state index contributed by atoms with van der Waals surface area (Å²) in [6, 6.07) is 8.77. The number of carbonyl (C=O) groups is 1. The highest BCUT2D eigenvalue weighted by Crippen LogP contribution is 2.14. The van der Waals surface area contributed by atoms with Gasteiger partial charge in [0, 0.05) is 5.69 Å². The number of aryl methyl sites for hydroxylation is 1. The molecule has 0 spiro atoms. The summed E-state index contributed by atoms with van der Waals surface area (Å²) in [6.07, 6.45) is -0.168. The van der Waals surface area contributed by atoms with Crippen molar-refractivity contribution in [1.82, 2.24) is 0 Å². The quantitative estimate of drug-likeness (QED) is 0.787. The van der Waals surface area contributed by atoms with E-state index in [1.807, 2.05) is 6.07 Å². The molecule has 0 aliphatic heterocycles. The highest BCUT2D eigenvalue weighted by Gasteiger charge is 2.03. The Labute approximate surface area is 87.8 Å². The third-order valence-corrected chi connectivity index (χ3v) is 1.87. The second-order valence-corrected chi connectivity index (χ2v) is 3.02. The number of amides is 1. The van der Waals surface area contributed by atoms with Crippen LogP contribution in [0.2, 0.25) is 0 Å². The van der Waals surface area contributed by atoms with Gasteiger partial charge in [0.25, 0.3) is 0 Å². The van der Waals surface area contributed by atoms with Gasteiger partial charge in [0.2, 0.25) is 5.91 Å². The largest absolute Gasteiger partial charge is 0.325 e. The third-order valence-electron chi connectivity index (χ3n) is 1.87. The molecule has 0 saturated heterocycles. The van der Waals surface area contributed by atoms with E-state index < -0.39 is 0 Å². The molecule has 1 aromatic rings. The minimum Gasteiger partial charge on any atom is -0.325 e. The lowest BCUT2D eigenvalue weighted by Crippen LogP contribution is -2.10. The number of nitriles is 2. The third kappa shape index (κ3) is 2.82. The molecule has 1 N–H and O–H groups in total. The van der Waals surface area contributed by atoms with E-state index in [9.17, 15) is 4.79 Å². The zero-order chi connectivity index (χ0) is 11.3. The van der Waals surface area contributed by atoms with Gasteiger partial charge in [0.1, 0.15) is 6.42 Å². The van der Waals surface area contributed by atoms with E-state index in [1.54, 1.807) is 31.2 Å². The summed E-state index contributed by atoms with van der Waals surface area (Å²) in [4.78, 5) is 11.1. The van der Waals surface area contributed by atoms with Crippen LogP contribution in [0.15, 0.2) is 18.2 Å². The number of nitrogens with zero attached hydrogens (tertiary/aromatic N) is 2. The second kappa shape index (κ2) is 4.78. The number of rotatable bonds is 2. The molecule has 4 nitrogen and oxygen atoms in total. The Hall–Kier alpha value is -2.33. The molecule has 1 amide bonds. The standard InChI is InChI=1S/C11H9N3O/c1-8-6-10(3-2-9(8)7-13)14-11(15)4-5-12/h2-3,6H,4H2,1H3,(H,14,15). The molecule has 0 aliphatic carbocycles. The monoisotopic (exact) mass is 199 g/mol. The van der Waals surface area contributed by atoms with E-state index >= 15 is 0 Å². The predicted octanol–water partition coefficient (Wildman–Crippen LogP) is 1.72. The van der Waals surface area contributed by atoms with Gasteiger partial charge in [-0.25, -0.2) is 0 Å². The summed E-state index contributed by atoms with van der Waals surface area (Å²) in [5.74, 6) is -0.346. The van der Waals surface area contributed by atoms with Crippen molar-refractivity contribution in [2.45, 2.75) is 13.3 Å². The lowest BCUT2D eigenvalue weighted by atomic mass is 10.1. The number of carbonyl (C=O) groups excluding carboxylic acids is 1. The smallest absolute Gasteiger partial charge is 0.238 e. The number of anilines is 1. The Morgan fingerprint density at radius 1 is 1.47 bits per heavy atom. The Balaban J connectivity index is 2.82. The van der Waals surface area contributed by atoms with Crippen LogP contribution in [-0.4, -0.2) is 5.91 Å². The molecule has 15 heavy (non-hydrogen) atoms. The average Bonchev–Trinajstić information content (AvgIpc) is 2.18. The SMILES string of the molecule is Cc1cc(NC(=O)CC#N)ccc1C#N. The molecule has 0 radical (unpaired) electrons. The van der Waals surface area contributed by atoms with Crippen LogP contribution in [0.1, 0.15) is 17.5 Å². The van der Waals surface area contributed by atoms with E-state index in [2.05, 4.69) is 5.32 Å². The van der Waals surface area contributed by atoms with Crippen LogP contribution in [0.4, 0.5) is 5.69 Å². The number of benzene rings is 1. The van der Waals surface area contributed by atoms with Crippen molar-refractivity contribution in [3.63, 3.8) is 0 Å². The summed E-state index contributed by atoms with van der Waals surface area (Å²) >= 11 is 0. The minimum atomic E-state index is -0.346. The van der Waals surface area contributed by atoms with Crippen molar-refractivity contribution in [3.05, 3.63) is 29.3 Å². The number of nitrogens with one attached hydrogen (secondary N) is 1. The van der Waals surface area contributed by atoms with Crippen LogP contribution in [0.25, 0.3) is 0 Å². The number of hydrogen-bond acceptors (Lipinski definition) is 3. The zero-order valence-electron chi connectivity index (χ0n) is 8.24. The van der Waals surface area contributed by atoms with E-state index in [4.69, 9.17) is 10.5 Å². The molecule has 0 heterocycles. The fourth-order valence-electron chi connectivity index (χ4n) is 1.14. The van der Waals surface area contributed by atoms with Gasteiger partial charge >= 0.3 is 0 Å². The summed E-state index contributed by atoms with van der Waals surface area (Å²) in [6.45, 7) is 1.79.